The van der Waals surface area contributed by atoms with Gasteiger partial charge in [-0.05, 0) is 26.0 Å². The van der Waals surface area contributed by atoms with Crippen LogP contribution in [0.3, 0.4) is 0 Å². The van der Waals surface area contributed by atoms with Crippen molar-refractivity contribution in [3.8, 4) is 0 Å². The van der Waals surface area contributed by atoms with Crippen LogP contribution in [0.4, 0.5) is 0 Å². The quantitative estimate of drug-likeness (QED) is 0.941. The van der Waals surface area contributed by atoms with E-state index in [2.05, 4.69) is 5.32 Å². The van der Waals surface area contributed by atoms with Crippen LogP contribution in [0.15, 0.2) is 29.2 Å². The molecular formula is C15H20N2O2S2. The van der Waals surface area contributed by atoms with Crippen LogP contribution in [0.5, 0.6) is 0 Å². The van der Waals surface area contributed by atoms with E-state index in [1.165, 1.54) is 0 Å². The zero-order valence-corrected chi connectivity index (χ0v) is 13.8. The van der Waals surface area contributed by atoms with Crippen LogP contribution in [-0.2, 0) is 16.6 Å². The van der Waals surface area contributed by atoms with Crippen LogP contribution in [0.25, 0.3) is 10.1 Å². The molecular weight excluding hydrogens is 304 g/mol. The molecule has 0 radical (unpaired) electrons. The van der Waals surface area contributed by atoms with Crippen molar-refractivity contribution >= 4 is 31.4 Å². The largest absolute Gasteiger partial charge is 0.315 e. The van der Waals surface area contributed by atoms with Crippen LogP contribution < -0.4 is 5.32 Å². The normalized spacial score (nSPS) is 17.4. The summed E-state index contributed by atoms with van der Waals surface area (Å²) in [5.41, 5.74) is 0. The molecule has 0 bridgehead atoms. The first-order valence-corrected chi connectivity index (χ1v) is 9.55. The Morgan fingerprint density at radius 2 is 1.90 bits per heavy atom. The second kappa shape index (κ2) is 6.04. The molecule has 3 rings (SSSR count). The smallest absolute Gasteiger partial charge is 0.244 e. The summed E-state index contributed by atoms with van der Waals surface area (Å²) in [4.78, 5) is 1.42. The molecule has 1 aromatic carbocycles. The molecule has 0 spiro atoms. The summed E-state index contributed by atoms with van der Waals surface area (Å²) in [6.07, 6.45) is 3.05. The predicted octanol–water partition coefficient (Wildman–Crippen LogP) is 2.80. The Kier molecular flexibility index (Phi) is 4.31. The van der Waals surface area contributed by atoms with Crippen LogP contribution in [0.1, 0.15) is 24.1 Å². The lowest BCUT2D eigenvalue weighted by atomic mass is 10.2. The van der Waals surface area contributed by atoms with E-state index in [1.807, 2.05) is 31.3 Å². The van der Waals surface area contributed by atoms with Gasteiger partial charge < -0.3 is 5.32 Å². The van der Waals surface area contributed by atoms with Gasteiger partial charge in [-0.25, -0.2) is 8.42 Å². The molecule has 2 aromatic rings. The second-order valence-corrected chi connectivity index (χ2v) is 8.36. The van der Waals surface area contributed by atoms with E-state index in [0.717, 1.165) is 34.2 Å². The maximum absolute atomic E-state index is 13.1. The SMILES string of the molecule is CNCc1sc2ccccc2c1S(=O)(=O)N1CCCCC1. The summed E-state index contributed by atoms with van der Waals surface area (Å²) in [6, 6.07) is 7.78. The van der Waals surface area contributed by atoms with Gasteiger partial charge in [0.2, 0.25) is 10.0 Å². The van der Waals surface area contributed by atoms with E-state index >= 15 is 0 Å². The highest BCUT2D eigenvalue weighted by Gasteiger charge is 2.31. The number of fused-ring (bicyclic) bond motifs is 1. The zero-order valence-electron chi connectivity index (χ0n) is 12.1. The summed E-state index contributed by atoms with van der Waals surface area (Å²) in [5.74, 6) is 0. The number of rotatable bonds is 4. The van der Waals surface area contributed by atoms with Gasteiger partial charge in [0.25, 0.3) is 0 Å². The van der Waals surface area contributed by atoms with Crippen LogP contribution in [0.2, 0.25) is 0 Å². The molecule has 1 aliphatic rings. The number of nitrogens with zero attached hydrogens (tertiary/aromatic N) is 1. The standard InChI is InChI=1S/C15H20N2O2S2/c1-16-11-14-15(12-7-3-4-8-13(12)20-14)21(18,19)17-9-5-2-6-10-17/h3-4,7-8,16H,2,5-6,9-11H2,1H3. The van der Waals surface area contributed by atoms with Crippen molar-refractivity contribution < 1.29 is 8.42 Å². The third kappa shape index (κ3) is 2.73. The Bertz CT molecular complexity index is 731. The average molecular weight is 324 g/mol. The Morgan fingerprint density at radius 3 is 2.62 bits per heavy atom. The van der Waals surface area contributed by atoms with Gasteiger partial charge in [0.15, 0.2) is 0 Å². The van der Waals surface area contributed by atoms with Gasteiger partial charge in [-0.3, -0.25) is 0 Å². The minimum absolute atomic E-state index is 0.513. The van der Waals surface area contributed by atoms with Gasteiger partial charge in [0.05, 0.1) is 0 Å². The summed E-state index contributed by atoms with van der Waals surface area (Å²) < 4.78 is 28.8. The Hall–Kier alpha value is -0.950. The maximum atomic E-state index is 13.1. The molecule has 1 aliphatic heterocycles. The van der Waals surface area contributed by atoms with Crippen molar-refractivity contribution in [2.45, 2.75) is 30.7 Å². The van der Waals surface area contributed by atoms with Crippen molar-refractivity contribution in [2.75, 3.05) is 20.1 Å². The number of piperidine rings is 1. The van der Waals surface area contributed by atoms with Crippen molar-refractivity contribution in [3.63, 3.8) is 0 Å². The van der Waals surface area contributed by atoms with Crippen LogP contribution in [-0.4, -0.2) is 32.9 Å². The monoisotopic (exact) mass is 324 g/mol. The summed E-state index contributed by atoms with van der Waals surface area (Å²) in [6.45, 7) is 1.87. The second-order valence-electron chi connectivity index (χ2n) is 5.35. The van der Waals surface area contributed by atoms with Crippen molar-refractivity contribution in [1.82, 2.24) is 9.62 Å². The van der Waals surface area contributed by atoms with E-state index < -0.39 is 10.0 Å². The molecule has 0 saturated carbocycles. The fourth-order valence-electron chi connectivity index (χ4n) is 2.87. The zero-order chi connectivity index (χ0) is 14.9. The lowest BCUT2D eigenvalue weighted by Crippen LogP contribution is -2.36. The number of thiophene rings is 1. The Labute approximate surface area is 129 Å². The molecule has 4 nitrogen and oxygen atoms in total. The first kappa shape index (κ1) is 15.0. The van der Waals surface area contributed by atoms with E-state index in [1.54, 1.807) is 15.6 Å². The summed E-state index contributed by atoms with van der Waals surface area (Å²) >= 11 is 1.57. The number of sulfonamides is 1. The predicted molar refractivity (Wildman–Crippen MR) is 87.2 cm³/mol. The minimum atomic E-state index is -3.39. The van der Waals surface area contributed by atoms with Gasteiger partial charge in [0.1, 0.15) is 4.90 Å². The first-order chi connectivity index (χ1) is 10.1. The molecule has 6 heteroatoms. The molecule has 1 saturated heterocycles. The number of hydrogen-bond donors (Lipinski definition) is 1. The third-order valence-corrected chi connectivity index (χ3v) is 7.20. The highest BCUT2D eigenvalue weighted by Crippen LogP contribution is 2.36. The third-order valence-electron chi connectivity index (χ3n) is 3.87. The molecule has 0 amide bonds. The van der Waals surface area contributed by atoms with Crippen LogP contribution >= 0.6 is 11.3 Å². The average Bonchev–Trinajstić information content (AvgIpc) is 2.87. The van der Waals surface area contributed by atoms with Gasteiger partial charge >= 0.3 is 0 Å². The Balaban J connectivity index is 2.15. The van der Waals surface area contributed by atoms with Gasteiger partial charge in [-0.15, -0.1) is 11.3 Å². The lowest BCUT2D eigenvalue weighted by Gasteiger charge is -2.26. The highest BCUT2D eigenvalue weighted by atomic mass is 32.2. The van der Waals surface area contributed by atoms with E-state index in [4.69, 9.17) is 0 Å². The van der Waals surface area contributed by atoms with Crippen LogP contribution in [0, 0.1) is 0 Å². The Morgan fingerprint density at radius 1 is 1.19 bits per heavy atom. The first-order valence-electron chi connectivity index (χ1n) is 7.30. The maximum Gasteiger partial charge on any atom is 0.244 e. The molecule has 0 unspecified atom stereocenters. The van der Waals surface area contributed by atoms with Gasteiger partial charge in [-0.2, -0.15) is 4.31 Å². The summed E-state index contributed by atoms with van der Waals surface area (Å²) in [5, 5.41) is 3.95. The highest BCUT2D eigenvalue weighted by molar-refractivity contribution is 7.89. The molecule has 0 atom stereocenters. The van der Waals surface area contributed by atoms with Crippen molar-refractivity contribution in [3.05, 3.63) is 29.1 Å². The molecule has 114 valence electrons. The lowest BCUT2D eigenvalue weighted by molar-refractivity contribution is 0.347. The van der Waals surface area contributed by atoms with Crippen molar-refractivity contribution in [1.29, 1.82) is 0 Å². The molecule has 21 heavy (non-hydrogen) atoms. The molecule has 0 aliphatic carbocycles. The fraction of sp³-hybridized carbons (Fsp3) is 0.467. The fourth-order valence-corrected chi connectivity index (χ4v) is 6.30. The minimum Gasteiger partial charge on any atom is -0.315 e. The molecule has 1 fully saturated rings. The topological polar surface area (TPSA) is 49.4 Å². The van der Waals surface area contributed by atoms with Gasteiger partial charge in [-0.1, -0.05) is 24.6 Å². The van der Waals surface area contributed by atoms with E-state index in [0.29, 0.717) is 24.5 Å². The van der Waals surface area contributed by atoms with Gasteiger partial charge in [0, 0.05) is 34.6 Å². The number of hydrogen-bond acceptors (Lipinski definition) is 4. The van der Waals surface area contributed by atoms with E-state index in [9.17, 15) is 8.42 Å². The molecule has 1 N–H and O–H groups in total. The number of benzene rings is 1. The molecule has 1 aromatic heterocycles. The summed E-state index contributed by atoms with van der Waals surface area (Å²) in [7, 11) is -1.55. The molecule has 2 heterocycles. The van der Waals surface area contributed by atoms with E-state index in [-0.39, 0.29) is 0 Å². The number of nitrogens with one attached hydrogen (secondary N) is 1. The van der Waals surface area contributed by atoms with Crippen molar-refractivity contribution in [2.24, 2.45) is 0 Å².